The van der Waals surface area contributed by atoms with Crippen molar-refractivity contribution in [2.75, 3.05) is 13.7 Å². The maximum Gasteiger partial charge on any atom is 0.310 e. The lowest BCUT2D eigenvalue weighted by molar-refractivity contribution is -0.142. The third-order valence-corrected chi connectivity index (χ3v) is 2.09. The summed E-state index contributed by atoms with van der Waals surface area (Å²) < 4.78 is 48.0. The van der Waals surface area contributed by atoms with Gasteiger partial charge in [-0.3, -0.25) is 4.79 Å². The highest BCUT2D eigenvalue weighted by molar-refractivity contribution is 5.72. The third kappa shape index (κ3) is 3.35. The molecule has 1 heterocycles. The van der Waals surface area contributed by atoms with Crippen LogP contribution in [0, 0.1) is 5.82 Å². The van der Waals surface area contributed by atoms with Crippen molar-refractivity contribution in [3.8, 4) is 5.88 Å². The fourth-order valence-electron chi connectivity index (χ4n) is 1.32. The average molecular weight is 263 g/mol. The molecular formula is C11H12F3NO3. The molecule has 0 aliphatic heterocycles. The first kappa shape index (κ1) is 14.3. The highest BCUT2D eigenvalue weighted by Gasteiger charge is 2.22. The van der Waals surface area contributed by atoms with Crippen LogP contribution in [0.4, 0.5) is 13.2 Å². The van der Waals surface area contributed by atoms with E-state index < -0.39 is 30.3 Å². The number of methoxy groups -OCH3 is 1. The van der Waals surface area contributed by atoms with Crippen molar-refractivity contribution in [3.63, 3.8) is 0 Å². The van der Waals surface area contributed by atoms with Crippen LogP contribution in [0.2, 0.25) is 0 Å². The van der Waals surface area contributed by atoms with Crippen molar-refractivity contribution in [2.24, 2.45) is 0 Å². The van der Waals surface area contributed by atoms with E-state index in [1.807, 2.05) is 0 Å². The quantitative estimate of drug-likeness (QED) is 0.765. The standard InChI is InChI=1S/C11H12F3NO3/c1-3-18-8(16)5-6-4-7(17-2)15-10(9(6)12)11(13)14/h4,11H,3,5H2,1-2H3. The minimum absolute atomic E-state index is 0.129. The van der Waals surface area contributed by atoms with Gasteiger partial charge in [-0.15, -0.1) is 0 Å². The van der Waals surface area contributed by atoms with Crippen LogP contribution in [0.3, 0.4) is 0 Å². The van der Waals surface area contributed by atoms with Gasteiger partial charge in [0.05, 0.1) is 20.1 Å². The van der Waals surface area contributed by atoms with Gasteiger partial charge < -0.3 is 9.47 Å². The van der Waals surface area contributed by atoms with Gasteiger partial charge in [-0.2, -0.15) is 0 Å². The first-order chi connectivity index (χ1) is 8.49. The molecule has 0 saturated carbocycles. The van der Waals surface area contributed by atoms with Crippen LogP contribution < -0.4 is 4.74 Å². The van der Waals surface area contributed by atoms with Crippen LogP contribution in [0.15, 0.2) is 6.07 Å². The van der Waals surface area contributed by atoms with Crippen molar-refractivity contribution >= 4 is 5.97 Å². The Morgan fingerprint density at radius 1 is 1.50 bits per heavy atom. The zero-order chi connectivity index (χ0) is 13.7. The van der Waals surface area contributed by atoms with Crippen molar-refractivity contribution in [1.29, 1.82) is 0 Å². The average Bonchev–Trinajstić information content (AvgIpc) is 2.31. The van der Waals surface area contributed by atoms with E-state index in [1.54, 1.807) is 6.92 Å². The molecule has 0 N–H and O–H groups in total. The Kier molecular flexibility index (Phi) is 4.94. The molecule has 0 bridgehead atoms. The van der Waals surface area contributed by atoms with Gasteiger partial charge in [-0.25, -0.2) is 18.2 Å². The van der Waals surface area contributed by atoms with Crippen molar-refractivity contribution in [2.45, 2.75) is 19.8 Å². The highest BCUT2D eigenvalue weighted by Crippen LogP contribution is 2.26. The second-order valence-corrected chi connectivity index (χ2v) is 3.31. The van der Waals surface area contributed by atoms with Gasteiger partial charge >= 0.3 is 5.97 Å². The zero-order valence-electron chi connectivity index (χ0n) is 9.87. The summed E-state index contributed by atoms with van der Waals surface area (Å²) in [7, 11) is 1.21. The fraction of sp³-hybridized carbons (Fsp3) is 0.455. The van der Waals surface area contributed by atoms with Crippen LogP contribution in [0.25, 0.3) is 0 Å². The molecule has 0 spiro atoms. The van der Waals surface area contributed by atoms with Gasteiger partial charge in [0.15, 0.2) is 5.82 Å². The molecule has 1 rings (SSSR count). The Morgan fingerprint density at radius 2 is 2.17 bits per heavy atom. The first-order valence-corrected chi connectivity index (χ1v) is 5.16. The summed E-state index contributed by atoms with van der Waals surface area (Å²) in [6.45, 7) is 1.72. The summed E-state index contributed by atoms with van der Waals surface area (Å²) in [6.07, 6.45) is -3.53. The van der Waals surface area contributed by atoms with E-state index in [4.69, 9.17) is 0 Å². The molecule has 1 aromatic heterocycles. The zero-order valence-corrected chi connectivity index (χ0v) is 9.87. The molecule has 4 nitrogen and oxygen atoms in total. The molecule has 0 atom stereocenters. The van der Waals surface area contributed by atoms with Crippen molar-refractivity contribution in [3.05, 3.63) is 23.1 Å². The number of pyridine rings is 1. The van der Waals surface area contributed by atoms with Crippen LogP contribution in [-0.2, 0) is 16.0 Å². The Hall–Kier alpha value is -1.79. The Morgan fingerprint density at radius 3 is 2.67 bits per heavy atom. The van der Waals surface area contributed by atoms with Gasteiger partial charge in [0.1, 0.15) is 5.69 Å². The maximum atomic E-state index is 13.6. The number of halogens is 3. The number of esters is 1. The normalized spacial score (nSPS) is 10.6. The van der Waals surface area contributed by atoms with E-state index in [0.29, 0.717) is 0 Å². The van der Waals surface area contributed by atoms with Crippen LogP contribution >= 0.6 is 0 Å². The van der Waals surface area contributed by atoms with E-state index in [0.717, 1.165) is 6.07 Å². The van der Waals surface area contributed by atoms with E-state index in [9.17, 15) is 18.0 Å². The molecule has 18 heavy (non-hydrogen) atoms. The number of aromatic nitrogens is 1. The number of hydrogen-bond donors (Lipinski definition) is 0. The molecule has 0 radical (unpaired) electrons. The molecule has 0 saturated heterocycles. The van der Waals surface area contributed by atoms with Crippen molar-refractivity contribution < 1.29 is 27.4 Å². The van der Waals surface area contributed by atoms with E-state index >= 15 is 0 Å². The summed E-state index contributed by atoms with van der Waals surface area (Å²) in [5.41, 5.74) is -1.26. The third-order valence-electron chi connectivity index (χ3n) is 2.09. The summed E-state index contributed by atoms with van der Waals surface area (Å²) in [6, 6.07) is 1.10. The highest BCUT2D eigenvalue weighted by atomic mass is 19.3. The van der Waals surface area contributed by atoms with Gasteiger partial charge in [0.2, 0.25) is 5.88 Å². The number of carbonyl (C=O) groups excluding carboxylic acids is 1. The topological polar surface area (TPSA) is 48.4 Å². The monoisotopic (exact) mass is 263 g/mol. The fourth-order valence-corrected chi connectivity index (χ4v) is 1.32. The Bertz CT molecular complexity index is 438. The number of nitrogens with zero attached hydrogens (tertiary/aromatic N) is 1. The summed E-state index contributed by atoms with van der Waals surface area (Å²) >= 11 is 0. The largest absolute Gasteiger partial charge is 0.481 e. The number of alkyl halides is 2. The molecule has 7 heteroatoms. The smallest absolute Gasteiger partial charge is 0.310 e. The Balaban J connectivity index is 3.09. The Labute approximate surface area is 102 Å². The summed E-state index contributed by atoms with van der Waals surface area (Å²) in [5.74, 6) is -2.09. The van der Waals surface area contributed by atoms with Gasteiger partial charge in [0, 0.05) is 11.6 Å². The molecule has 100 valence electrons. The maximum absolute atomic E-state index is 13.6. The predicted molar refractivity (Wildman–Crippen MR) is 56.0 cm³/mol. The number of ether oxygens (including phenoxy) is 2. The van der Waals surface area contributed by atoms with Gasteiger partial charge in [-0.1, -0.05) is 0 Å². The molecule has 0 unspecified atom stereocenters. The minimum Gasteiger partial charge on any atom is -0.481 e. The lowest BCUT2D eigenvalue weighted by atomic mass is 10.1. The number of rotatable bonds is 5. The van der Waals surface area contributed by atoms with Gasteiger partial charge in [0.25, 0.3) is 6.43 Å². The second kappa shape index (κ2) is 6.23. The molecule has 0 aliphatic carbocycles. The minimum atomic E-state index is -3.08. The van der Waals surface area contributed by atoms with Gasteiger partial charge in [-0.05, 0) is 6.92 Å². The number of carbonyl (C=O) groups is 1. The molecule has 0 aromatic carbocycles. The second-order valence-electron chi connectivity index (χ2n) is 3.31. The van der Waals surface area contributed by atoms with E-state index in [2.05, 4.69) is 14.5 Å². The first-order valence-electron chi connectivity index (χ1n) is 5.16. The number of hydrogen-bond acceptors (Lipinski definition) is 4. The molecule has 1 aromatic rings. The van der Waals surface area contributed by atoms with Crippen LogP contribution in [0.1, 0.15) is 24.6 Å². The predicted octanol–water partition coefficient (Wildman–Crippen LogP) is 2.27. The molecule has 0 fully saturated rings. The van der Waals surface area contributed by atoms with Crippen LogP contribution in [0.5, 0.6) is 5.88 Å². The molecule has 0 amide bonds. The van der Waals surface area contributed by atoms with Crippen LogP contribution in [-0.4, -0.2) is 24.7 Å². The molecule has 0 aliphatic rings. The van der Waals surface area contributed by atoms with E-state index in [-0.39, 0.29) is 18.1 Å². The lowest BCUT2D eigenvalue weighted by Crippen LogP contribution is -2.11. The molecular weight excluding hydrogens is 251 g/mol. The SMILES string of the molecule is CCOC(=O)Cc1cc(OC)nc(C(F)F)c1F. The summed E-state index contributed by atoms with van der Waals surface area (Å²) in [4.78, 5) is 14.5. The lowest BCUT2D eigenvalue weighted by Gasteiger charge is -2.09. The summed E-state index contributed by atoms with van der Waals surface area (Å²) in [5, 5.41) is 0. The van der Waals surface area contributed by atoms with Crippen molar-refractivity contribution in [1.82, 2.24) is 4.98 Å². The van der Waals surface area contributed by atoms with E-state index in [1.165, 1.54) is 7.11 Å².